The van der Waals surface area contributed by atoms with Crippen molar-refractivity contribution >= 4 is 10.8 Å². The molecule has 0 unspecified atom stereocenters. The number of aryl methyl sites for hydroxylation is 1. The van der Waals surface area contributed by atoms with Gasteiger partial charge in [0.25, 0.3) is 0 Å². The Morgan fingerprint density at radius 1 is 1.06 bits per heavy atom. The predicted molar refractivity (Wildman–Crippen MR) is 68.5 cm³/mol. The summed E-state index contributed by atoms with van der Waals surface area (Å²) in [5.41, 5.74) is 1.24. The summed E-state index contributed by atoms with van der Waals surface area (Å²) < 4.78 is 0. The van der Waals surface area contributed by atoms with Crippen molar-refractivity contribution in [3.63, 3.8) is 0 Å². The van der Waals surface area contributed by atoms with E-state index in [4.69, 9.17) is 0 Å². The van der Waals surface area contributed by atoms with Gasteiger partial charge in [0.1, 0.15) is 5.75 Å². The van der Waals surface area contributed by atoms with Crippen molar-refractivity contribution in [1.82, 2.24) is 0 Å². The van der Waals surface area contributed by atoms with Crippen LogP contribution in [0.15, 0.2) is 36.4 Å². The zero-order valence-corrected chi connectivity index (χ0v) is 9.45. The van der Waals surface area contributed by atoms with E-state index in [-0.39, 0.29) is 0 Å². The molecule has 2 aromatic rings. The first kappa shape index (κ1) is 11.0. The normalized spacial score (nSPS) is 10.8. The van der Waals surface area contributed by atoms with Crippen LogP contribution >= 0.6 is 0 Å². The van der Waals surface area contributed by atoms with Crippen LogP contribution in [0.25, 0.3) is 10.8 Å². The summed E-state index contributed by atoms with van der Waals surface area (Å²) in [5.74, 6) is 0.364. The Morgan fingerprint density at radius 3 is 2.69 bits per heavy atom. The maximum absolute atomic E-state index is 9.66. The largest absolute Gasteiger partial charge is 0.508 e. The number of unbranched alkanes of at least 4 members (excludes halogenated alkanes) is 2. The van der Waals surface area contributed by atoms with E-state index in [1.165, 1.54) is 10.9 Å². The minimum absolute atomic E-state index is 0.364. The first-order valence-corrected chi connectivity index (χ1v) is 5.81. The maximum Gasteiger partial charge on any atom is 0.116 e. The van der Waals surface area contributed by atoms with Gasteiger partial charge in [-0.3, -0.25) is 0 Å². The van der Waals surface area contributed by atoms with Gasteiger partial charge in [-0.25, -0.2) is 0 Å². The molecule has 0 aliphatic carbocycles. The Labute approximate surface area is 96.7 Å². The molecule has 16 heavy (non-hydrogen) atoms. The average molecular weight is 213 g/mol. The summed E-state index contributed by atoms with van der Waals surface area (Å²) in [6.07, 6.45) is 4.28. The van der Waals surface area contributed by atoms with E-state index in [0.717, 1.165) is 31.1 Å². The highest BCUT2D eigenvalue weighted by atomic mass is 16.3. The number of benzene rings is 2. The van der Waals surface area contributed by atoms with Gasteiger partial charge in [0, 0.05) is 0 Å². The summed E-state index contributed by atoms with van der Waals surface area (Å²) >= 11 is 0. The molecule has 0 aliphatic heterocycles. The van der Waals surface area contributed by atoms with Crippen molar-refractivity contribution in [3.05, 3.63) is 48.9 Å². The first-order chi connectivity index (χ1) is 7.81. The van der Waals surface area contributed by atoms with E-state index in [9.17, 15) is 5.11 Å². The topological polar surface area (TPSA) is 20.2 Å². The highest BCUT2D eigenvalue weighted by Gasteiger charge is 2.02. The van der Waals surface area contributed by atoms with Crippen LogP contribution < -0.4 is 0 Å². The molecule has 0 bridgehead atoms. The van der Waals surface area contributed by atoms with Crippen LogP contribution in [0.5, 0.6) is 5.75 Å². The van der Waals surface area contributed by atoms with Gasteiger partial charge >= 0.3 is 0 Å². The molecule has 0 spiro atoms. The van der Waals surface area contributed by atoms with Gasteiger partial charge in [0.2, 0.25) is 0 Å². The van der Waals surface area contributed by atoms with E-state index in [1.807, 2.05) is 30.3 Å². The van der Waals surface area contributed by atoms with Crippen molar-refractivity contribution in [2.45, 2.75) is 25.7 Å². The molecule has 0 saturated heterocycles. The van der Waals surface area contributed by atoms with Crippen molar-refractivity contribution in [2.24, 2.45) is 0 Å². The highest BCUT2D eigenvalue weighted by molar-refractivity contribution is 5.87. The second kappa shape index (κ2) is 5.02. The number of phenolic OH excluding ortho intramolecular Hbond substituents is 1. The van der Waals surface area contributed by atoms with Crippen LogP contribution in [-0.4, -0.2) is 5.11 Å². The van der Waals surface area contributed by atoms with Crippen molar-refractivity contribution in [1.29, 1.82) is 0 Å². The van der Waals surface area contributed by atoms with E-state index < -0.39 is 0 Å². The third-order valence-corrected chi connectivity index (χ3v) is 2.88. The number of aromatic hydroxyl groups is 1. The Bertz CT molecular complexity index is 474. The highest BCUT2D eigenvalue weighted by Crippen LogP contribution is 2.25. The predicted octanol–water partition coefficient (Wildman–Crippen LogP) is 4.09. The summed E-state index contributed by atoms with van der Waals surface area (Å²) in [5, 5.41) is 12.0. The minimum atomic E-state index is 0.364. The molecule has 0 aliphatic rings. The SMILES string of the molecule is [CH2]CCCCc1cc(O)cc2ccccc12. The third-order valence-electron chi connectivity index (χ3n) is 2.88. The van der Waals surface area contributed by atoms with Gasteiger partial charge in [-0.1, -0.05) is 44.0 Å². The number of hydrogen-bond donors (Lipinski definition) is 1. The summed E-state index contributed by atoms with van der Waals surface area (Å²) in [4.78, 5) is 0. The molecule has 0 heterocycles. The zero-order valence-electron chi connectivity index (χ0n) is 9.45. The molecular formula is C15H17O. The molecule has 0 aromatic heterocycles. The van der Waals surface area contributed by atoms with Crippen LogP contribution in [-0.2, 0) is 6.42 Å². The van der Waals surface area contributed by atoms with Gasteiger partial charge in [-0.05, 0) is 41.3 Å². The smallest absolute Gasteiger partial charge is 0.116 e. The van der Waals surface area contributed by atoms with Crippen molar-refractivity contribution in [3.8, 4) is 5.75 Å². The van der Waals surface area contributed by atoms with Crippen LogP contribution in [0, 0.1) is 6.92 Å². The molecule has 0 amide bonds. The molecule has 1 heteroatoms. The Balaban J connectivity index is 2.34. The second-order valence-corrected chi connectivity index (χ2v) is 4.14. The maximum atomic E-state index is 9.66. The van der Waals surface area contributed by atoms with Gasteiger partial charge in [0.05, 0.1) is 0 Å². The molecular weight excluding hydrogens is 196 g/mol. The van der Waals surface area contributed by atoms with E-state index in [2.05, 4.69) is 13.0 Å². The molecule has 1 N–H and O–H groups in total. The van der Waals surface area contributed by atoms with E-state index in [0.29, 0.717) is 5.75 Å². The molecule has 1 radical (unpaired) electrons. The summed E-state index contributed by atoms with van der Waals surface area (Å²) in [6.45, 7) is 3.85. The molecule has 2 rings (SSSR count). The van der Waals surface area contributed by atoms with Gasteiger partial charge < -0.3 is 5.11 Å². The van der Waals surface area contributed by atoms with Crippen LogP contribution in [0.1, 0.15) is 24.8 Å². The minimum Gasteiger partial charge on any atom is -0.508 e. The zero-order chi connectivity index (χ0) is 11.4. The third kappa shape index (κ3) is 2.35. The van der Waals surface area contributed by atoms with Gasteiger partial charge in [-0.15, -0.1) is 0 Å². The Hall–Kier alpha value is -1.50. The second-order valence-electron chi connectivity index (χ2n) is 4.14. The van der Waals surface area contributed by atoms with Gasteiger partial charge in [-0.2, -0.15) is 0 Å². The fourth-order valence-corrected chi connectivity index (χ4v) is 2.07. The fourth-order valence-electron chi connectivity index (χ4n) is 2.07. The fraction of sp³-hybridized carbons (Fsp3) is 0.267. The quantitative estimate of drug-likeness (QED) is 0.758. The number of rotatable bonds is 4. The van der Waals surface area contributed by atoms with Gasteiger partial charge in [0.15, 0.2) is 0 Å². The molecule has 0 atom stereocenters. The molecule has 83 valence electrons. The molecule has 1 nitrogen and oxygen atoms in total. The molecule has 2 aromatic carbocycles. The summed E-state index contributed by atoms with van der Waals surface area (Å²) in [6, 6.07) is 11.9. The molecule has 0 fully saturated rings. The van der Waals surface area contributed by atoms with Crippen LogP contribution in [0.2, 0.25) is 0 Å². The number of hydrogen-bond acceptors (Lipinski definition) is 1. The monoisotopic (exact) mass is 213 g/mol. The lowest BCUT2D eigenvalue weighted by Crippen LogP contribution is -1.88. The lowest BCUT2D eigenvalue weighted by atomic mass is 9.99. The van der Waals surface area contributed by atoms with Crippen LogP contribution in [0.4, 0.5) is 0 Å². The Morgan fingerprint density at radius 2 is 1.88 bits per heavy atom. The number of phenols is 1. The Kier molecular flexibility index (Phi) is 3.45. The lowest BCUT2D eigenvalue weighted by molar-refractivity contribution is 0.475. The van der Waals surface area contributed by atoms with Crippen LogP contribution in [0.3, 0.4) is 0 Å². The molecule has 0 saturated carbocycles. The first-order valence-electron chi connectivity index (χ1n) is 5.81. The van der Waals surface area contributed by atoms with E-state index in [1.54, 1.807) is 0 Å². The van der Waals surface area contributed by atoms with Crippen molar-refractivity contribution < 1.29 is 5.11 Å². The summed E-state index contributed by atoms with van der Waals surface area (Å²) in [7, 11) is 0. The van der Waals surface area contributed by atoms with E-state index >= 15 is 0 Å². The average Bonchev–Trinajstić information content (AvgIpc) is 2.29. The van der Waals surface area contributed by atoms with Crippen molar-refractivity contribution in [2.75, 3.05) is 0 Å². The number of fused-ring (bicyclic) bond motifs is 1. The lowest BCUT2D eigenvalue weighted by Gasteiger charge is -2.07. The standard InChI is InChI=1S/C15H17O/c1-2-3-4-7-12-10-14(16)11-13-8-5-6-9-15(12)13/h5-6,8-11,16H,1-4,7H2.